The van der Waals surface area contributed by atoms with E-state index in [0.29, 0.717) is 21.6 Å². The van der Waals surface area contributed by atoms with Crippen LogP contribution in [0.15, 0.2) is 24.3 Å². The lowest BCUT2D eigenvalue weighted by atomic mass is 9.88. The molecule has 0 unspecified atom stereocenters. The zero-order chi connectivity index (χ0) is 10.2. The Kier molecular flexibility index (Phi) is 2.27. The van der Waals surface area contributed by atoms with Gasteiger partial charge >= 0.3 is 0 Å². The first kappa shape index (κ1) is 9.59. The maximum Gasteiger partial charge on any atom is 0.116 e. The van der Waals surface area contributed by atoms with Gasteiger partial charge in [-0.15, -0.1) is 0 Å². The summed E-state index contributed by atoms with van der Waals surface area (Å²) < 4.78 is 1.81. The lowest BCUT2D eigenvalue weighted by Crippen LogP contribution is -2.55. The van der Waals surface area contributed by atoms with Crippen molar-refractivity contribution in [2.75, 3.05) is 13.1 Å². The van der Waals surface area contributed by atoms with Crippen molar-refractivity contribution in [3.8, 4) is 5.75 Å². The molecule has 14 heavy (non-hydrogen) atoms. The van der Waals surface area contributed by atoms with E-state index in [-0.39, 0.29) is 5.75 Å². The van der Waals surface area contributed by atoms with Crippen LogP contribution >= 0.6 is 8.52 Å². The number of nitrogens with one attached hydrogen (secondary N) is 1. The molecule has 0 bridgehead atoms. The number of nitrogens with zero attached hydrogens (tertiary/aromatic N) is 1. The Labute approximate surface area is 83.5 Å². The Bertz CT molecular complexity index is 346. The summed E-state index contributed by atoms with van der Waals surface area (Å²) in [5.74, 6) is 0.201. The highest BCUT2D eigenvalue weighted by molar-refractivity contribution is 7.22. The van der Waals surface area contributed by atoms with Gasteiger partial charge < -0.3 is 10.2 Å². The Hall–Kier alpha value is -0.960. The number of β-amino-alcohol motifs (C(OH)–C–C–N with tert-alkyl or cyclic N) is 1. The number of aromatic hydroxyl groups is 1. The van der Waals surface area contributed by atoms with Crippen molar-refractivity contribution in [3.05, 3.63) is 29.8 Å². The predicted molar refractivity (Wildman–Crippen MR) is 53.2 cm³/mol. The van der Waals surface area contributed by atoms with Crippen LogP contribution in [0.25, 0.3) is 0 Å². The van der Waals surface area contributed by atoms with Crippen molar-refractivity contribution in [2.24, 2.45) is 0 Å². The van der Waals surface area contributed by atoms with Gasteiger partial charge in [0.1, 0.15) is 11.4 Å². The molecule has 4 nitrogen and oxygen atoms in total. The van der Waals surface area contributed by atoms with Crippen LogP contribution in [-0.2, 0) is 5.60 Å². The molecule has 0 atom stereocenters. The molecule has 5 heteroatoms. The number of benzene rings is 1. The molecule has 0 radical (unpaired) electrons. The molecule has 74 valence electrons. The quantitative estimate of drug-likeness (QED) is 0.648. The van der Waals surface area contributed by atoms with Crippen LogP contribution in [0, 0.1) is 5.16 Å². The minimum Gasteiger partial charge on any atom is -0.508 e. The van der Waals surface area contributed by atoms with Crippen molar-refractivity contribution in [1.82, 2.24) is 4.67 Å². The summed E-state index contributed by atoms with van der Waals surface area (Å²) in [6.45, 7) is 0.978. The second kappa shape index (κ2) is 3.31. The SMILES string of the molecule is N=PN1CC(O)(c2ccc(O)cc2)C1. The molecule has 1 aliphatic rings. The van der Waals surface area contributed by atoms with Gasteiger partial charge in [0.2, 0.25) is 0 Å². The normalized spacial score (nSPS) is 20.6. The molecule has 3 N–H and O–H groups in total. The summed E-state index contributed by atoms with van der Waals surface area (Å²) in [5, 5.41) is 26.2. The van der Waals surface area contributed by atoms with E-state index in [4.69, 9.17) is 10.3 Å². The molecule has 1 aliphatic heterocycles. The lowest BCUT2D eigenvalue weighted by Gasteiger charge is -2.43. The first-order valence-corrected chi connectivity index (χ1v) is 5.13. The van der Waals surface area contributed by atoms with E-state index >= 15 is 0 Å². The topological polar surface area (TPSA) is 67.6 Å². The summed E-state index contributed by atoms with van der Waals surface area (Å²) in [5.41, 5.74) is -0.0305. The standard InChI is InChI=1S/C9H11N2O2P/c10-14-11-5-9(13,6-11)7-1-3-8(12)4-2-7/h1-4,10,12-13H,5-6H2. The smallest absolute Gasteiger partial charge is 0.116 e. The molecule has 1 heterocycles. The van der Waals surface area contributed by atoms with Crippen molar-refractivity contribution in [1.29, 1.82) is 5.16 Å². The fraction of sp³-hybridized carbons (Fsp3) is 0.333. The van der Waals surface area contributed by atoms with E-state index in [2.05, 4.69) is 0 Å². The predicted octanol–water partition coefficient (Wildman–Crippen LogP) is 1.52. The molecular weight excluding hydrogens is 199 g/mol. The molecule has 1 fully saturated rings. The van der Waals surface area contributed by atoms with Gasteiger partial charge in [-0.2, -0.15) is 0 Å². The summed E-state index contributed by atoms with van der Waals surface area (Å²) in [7, 11) is 0.444. The molecule has 0 amide bonds. The molecule has 0 spiro atoms. The number of aliphatic hydroxyl groups is 1. The van der Waals surface area contributed by atoms with E-state index in [0.717, 1.165) is 5.56 Å². The Balaban J connectivity index is 2.16. The van der Waals surface area contributed by atoms with Gasteiger partial charge in [0.15, 0.2) is 0 Å². The average molecular weight is 210 g/mol. The summed E-state index contributed by atoms with van der Waals surface area (Å²) in [6.07, 6.45) is 0. The molecule has 1 aromatic rings. The summed E-state index contributed by atoms with van der Waals surface area (Å²) in [4.78, 5) is 0. The molecule has 0 saturated carbocycles. The van der Waals surface area contributed by atoms with Gasteiger partial charge in [-0.1, -0.05) is 12.1 Å². The third-order valence-corrected chi connectivity index (χ3v) is 3.00. The summed E-state index contributed by atoms with van der Waals surface area (Å²) in [6, 6.07) is 6.56. The third kappa shape index (κ3) is 1.52. The maximum absolute atomic E-state index is 10.1. The molecule has 1 aromatic carbocycles. The minimum atomic E-state index is -0.832. The van der Waals surface area contributed by atoms with Gasteiger partial charge in [0.25, 0.3) is 0 Å². The largest absolute Gasteiger partial charge is 0.508 e. The molecule has 0 aliphatic carbocycles. The highest BCUT2D eigenvalue weighted by Gasteiger charge is 2.42. The highest BCUT2D eigenvalue weighted by atomic mass is 31.1. The van der Waals surface area contributed by atoms with E-state index < -0.39 is 5.60 Å². The average Bonchev–Trinajstić information content (AvgIpc) is 2.14. The number of hydrogen-bond donors (Lipinski definition) is 3. The fourth-order valence-electron chi connectivity index (χ4n) is 1.58. The lowest BCUT2D eigenvalue weighted by molar-refractivity contribution is -0.0617. The van der Waals surface area contributed by atoms with Gasteiger partial charge in [0.05, 0.1) is 8.52 Å². The first-order chi connectivity index (χ1) is 6.64. The minimum absolute atomic E-state index is 0.201. The monoisotopic (exact) mass is 210 g/mol. The maximum atomic E-state index is 10.1. The van der Waals surface area contributed by atoms with Gasteiger partial charge in [0, 0.05) is 13.1 Å². The van der Waals surface area contributed by atoms with E-state index in [1.165, 1.54) is 0 Å². The van der Waals surface area contributed by atoms with Crippen LogP contribution in [0.2, 0.25) is 0 Å². The van der Waals surface area contributed by atoms with E-state index in [9.17, 15) is 5.11 Å². The van der Waals surface area contributed by atoms with Crippen molar-refractivity contribution in [2.45, 2.75) is 5.60 Å². The van der Waals surface area contributed by atoms with Crippen LogP contribution in [0.4, 0.5) is 0 Å². The van der Waals surface area contributed by atoms with Crippen molar-refractivity contribution < 1.29 is 10.2 Å². The van der Waals surface area contributed by atoms with E-state index in [1.807, 2.05) is 4.67 Å². The third-order valence-electron chi connectivity index (χ3n) is 2.43. The summed E-state index contributed by atoms with van der Waals surface area (Å²) >= 11 is 0. The zero-order valence-electron chi connectivity index (χ0n) is 7.51. The molecule has 0 aromatic heterocycles. The fourth-order valence-corrected chi connectivity index (χ4v) is 2.19. The molecular formula is C9H11N2O2P. The van der Waals surface area contributed by atoms with Crippen LogP contribution in [0.3, 0.4) is 0 Å². The van der Waals surface area contributed by atoms with Gasteiger partial charge in [-0.3, -0.25) is 5.16 Å². The highest BCUT2D eigenvalue weighted by Crippen LogP contribution is 2.35. The van der Waals surface area contributed by atoms with Crippen LogP contribution < -0.4 is 0 Å². The van der Waals surface area contributed by atoms with Crippen LogP contribution in [0.5, 0.6) is 5.75 Å². The number of rotatable bonds is 2. The molecule has 1 saturated heterocycles. The second-order valence-corrected chi connectivity index (χ2v) is 4.27. The van der Waals surface area contributed by atoms with Crippen LogP contribution in [0.1, 0.15) is 5.56 Å². The number of phenolic OH excluding ortho intramolecular Hbond substituents is 1. The van der Waals surface area contributed by atoms with Gasteiger partial charge in [-0.05, 0) is 17.7 Å². The Morgan fingerprint density at radius 3 is 2.36 bits per heavy atom. The van der Waals surface area contributed by atoms with Crippen molar-refractivity contribution >= 4 is 8.52 Å². The number of hydrogen-bond acceptors (Lipinski definition) is 3. The van der Waals surface area contributed by atoms with E-state index in [1.54, 1.807) is 24.3 Å². The Morgan fingerprint density at radius 1 is 1.29 bits per heavy atom. The zero-order valence-corrected chi connectivity index (χ0v) is 8.41. The number of phenols is 1. The first-order valence-electron chi connectivity index (χ1n) is 4.28. The molecule has 2 rings (SSSR count). The second-order valence-electron chi connectivity index (χ2n) is 3.50. The van der Waals surface area contributed by atoms with Crippen molar-refractivity contribution in [3.63, 3.8) is 0 Å². The van der Waals surface area contributed by atoms with Crippen LogP contribution in [-0.4, -0.2) is 28.0 Å². The Morgan fingerprint density at radius 2 is 1.86 bits per heavy atom. The van der Waals surface area contributed by atoms with Gasteiger partial charge in [-0.25, -0.2) is 4.67 Å².